The third kappa shape index (κ3) is 3.28. The van der Waals surface area contributed by atoms with Crippen molar-refractivity contribution in [2.75, 3.05) is 0 Å². The summed E-state index contributed by atoms with van der Waals surface area (Å²) in [6.45, 7) is 0.225. The average Bonchev–Trinajstić information content (AvgIpc) is 2.62. The highest BCUT2D eigenvalue weighted by atomic mass is 16.5. The SMILES string of the molecule is O=C(OCc1ccccc1)c1cccc(=O)cc1. The number of carbonyl (C=O) groups is 1. The van der Waals surface area contributed by atoms with Crippen LogP contribution in [-0.2, 0) is 11.3 Å². The number of hydrogen-bond acceptors (Lipinski definition) is 3. The Morgan fingerprint density at radius 1 is 0.889 bits per heavy atom. The minimum absolute atomic E-state index is 0.142. The highest BCUT2D eigenvalue weighted by molar-refractivity contribution is 5.89. The summed E-state index contributed by atoms with van der Waals surface area (Å²) < 4.78 is 5.15. The van der Waals surface area contributed by atoms with Crippen LogP contribution >= 0.6 is 0 Å². The van der Waals surface area contributed by atoms with Crippen LogP contribution in [0, 0.1) is 0 Å². The maximum Gasteiger partial charge on any atom is 0.338 e. The lowest BCUT2D eigenvalue weighted by Crippen LogP contribution is -2.04. The Morgan fingerprint density at radius 2 is 1.67 bits per heavy atom. The van der Waals surface area contributed by atoms with E-state index in [1.54, 1.807) is 12.1 Å². The normalized spacial score (nSPS) is 9.78. The number of carbonyl (C=O) groups excluding carboxylic acids is 1. The molecule has 0 spiro atoms. The van der Waals surface area contributed by atoms with Gasteiger partial charge in [-0.25, -0.2) is 4.79 Å². The summed E-state index contributed by atoms with van der Waals surface area (Å²) >= 11 is 0. The molecule has 18 heavy (non-hydrogen) atoms. The smallest absolute Gasteiger partial charge is 0.338 e. The van der Waals surface area contributed by atoms with Crippen molar-refractivity contribution in [3.63, 3.8) is 0 Å². The Hall–Kier alpha value is -2.42. The molecule has 0 heterocycles. The fourth-order valence-electron chi connectivity index (χ4n) is 1.47. The van der Waals surface area contributed by atoms with Gasteiger partial charge in [-0.05, 0) is 29.8 Å². The van der Waals surface area contributed by atoms with Gasteiger partial charge in [-0.1, -0.05) is 36.4 Å². The summed E-state index contributed by atoms with van der Waals surface area (Å²) in [7, 11) is 0. The zero-order valence-electron chi connectivity index (χ0n) is 9.71. The van der Waals surface area contributed by atoms with E-state index in [-0.39, 0.29) is 12.0 Å². The van der Waals surface area contributed by atoms with Gasteiger partial charge < -0.3 is 4.74 Å². The van der Waals surface area contributed by atoms with Gasteiger partial charge in [-0.15, -0.1) is 0 Å². The molecule has 0 saturated heterocycles. The highest BCUT2D eigenvalue weighted by Gasteiger charge is 2.05. The van der Waals surface area contributed by atoms with E-state index < -0.39 is 5.97 Å². The van der Waals surface area contributed by atoms with Crippen molar-refractivity contribution in [1.29, 1.82) is 0 Å². The van der Waals surface area contributed by atoms with E-state index in [4.69, 9.17) is 4.74 Å². The second-order valence-corrected chi connectivity index (χ2v) is 3.78. The van der Waals surface area contributed by atoms with E-state index in [2.05, 4.69) is 0 Å². The summed E-state index contributed by atoms with van der Waals surface area (Å²) in [6, 6.07) is 16.8. The van der Waals surface area contributed by atoms with Gasteiger partial charge in [0.15, 0.2) is 5.43 Å². The van der Waals surface area contributed by atoms with Crippen LogP contribution in [0.25, 0.3) is 0 Å². The van der Waals surface area contributed by atoms with Crippen molar-refractivity contribution >= 4 is 5.97 Å². The van der Waals surface area contributed by atoms with E-state index in [1.807, 2.05) is 30.3 Å². The van der Waals surface area contributed by atoms with Crippen LogP contribution in [0.5, 0.6) is 0 Å². The van der Waals surface area contributed by atoms with Crippen LogP contribution in [-0.4, -0.2) is 5.97 Å². The van der Waals surface area contributed by atoms with Crippen molar-refractivity contribution in [3.8, 4) is 0 Å². The summed E-state index contributed by atoms with van der Waals surface area (Å²) in [5, 5.41) is 0. The molecule has 0 aromatic heterocycles. The molecule has 2 rings (SSSR count). The van der Waals surface area contributed by atoms with Crippen molar-refractivity contribution in [1.82, 2.24) is 0 Å². The van der Waals surface area contributed by atoms with E-state index >= 15 is 0 Å². The molecular formula is C15H12O3. The number of benzene rings is 1. The molecule has 0 N–H and O–H groups in total. The van der Waals surface area contributed by atoms with Gasteiger partial charge in [0.25, 0.3) is 0 Å². The number of esters is 1. The highest BCUT2D eigenvalue weighted by Crippen LogP contribution is 2.04. The molecule has 0 aliphatic heterocycles. The lowest BCUT2D eigenvalue weighted by atomic mass is 10.2. The van der Waals surface area contributed by atoms with Crippen molar-refractivity contribution in [2.45, 2.75) is 6.61 Å². The first-order valence-corrected chi connectivity index (χ1v) is 5.57. The molecule has 0 radical (unpaired) electrons. The van der Waals surface area contributed by atoms with Gasteiger partial charge in [0.1, 0.15) is 6.61 Å². The number of rotatable bonds is 3. The van der Waals surface area contributed by atoms with Crippen molar-refractivity contribution in [2.24, 2.45) is 0 Å². The van der Waals surface area contributed by atoms with Gasteiger partial charge in [-0.2, -0.15) is 0 Å². The van der Waals surface area contributed by atoms with E-state index in [1.165, 1.54) is 18.2 Å². The third-order valence-electron chi connectivity index (χ3n) is 2.41. The van der Waals surface area contributed by atoms with Crippen molar-refractivity contribution in [3.05, 3.63) is 82.0 Å². The molecule has 0 unspecified atom stereocenters. The predicted octanol–water partition coefficient (Wildman–Crippen LogP) is 2.40. The van der Waals surface area contributed by atoms with E-state index in [0.717, 1.165) is 5.56 Å². The third-order valence-corrected chi connectivity index (χ3v) is 2.41. The number of hydrogen-bond donors (Lipinski definition) is 0. The van der Waals surface area contributed by atoms with E-state index in [9.17, 15) is 9.59 Å². The Bertz CT molecular complexity index is 591. The first-order valence-electron chi connectivity index (χ1n) is 5.57. The molecule has 0 aliphatic rings. The molecule has 90 valence electrons. The summed E-state index contributed by atoms with van der Waals surface area (Å²) in [5.74, 6) is -0.436. The summed E-state index contributed by atoms with van der Waals surface area (Å²) in [4.78, 5) is 22.8. The van der Waals surface area contributed by atoms with Crippen LogP contribution < -0.4 is 5.43 Å². The van der Waals surface area contributed by atoms with Crippen LogP contribution in [0.2, 0.25) is 0 Å². The zero-order chi connectivity index (χ0) is 12.8. The fourth-order valence-corrected chi connectivity index (χ4v) is 1.47. The average molecular weight is 240 g/mol. The van der Waals surface area contributed by atoms with Gasteiger partial charge >= 0.3 is 5.97 Å². The summed E-state index contributed by atoms with van der Waals surface area (Å²) in [6.07, 6.45) is 0. The van der Waals surface area contributed by atoms with Crippen LogP contribution in [0.15, 0.2) is 65.5 Å². The second kappa shape index (κ2) is 5.77. The lowest BCUT2D eigenvalue weighted by Gasteiger charge is -2.03. The Morgan fingerprint density at radius 3 is 2.44 bits per heavy atom. The monoisotopic (exact) mass is 240 g/mol. The Kier molecular flexibility index (Phi) is 3.86. The van der Waals surface area contributed by atoms with Gasteiger partial charge in [0.05, 0.1) is 5.56 Å². The van der Waals surface area contributed by atoms with Crippen molar-refractivity contribution < 1.29 is 9.53 Å². The minimum atomic E-state index is -0.436. The molecule has 3 nitrogen and oxygen atoms in total. The maximum atomic E-state index is 11.7. The Labute approximate surface area is 105 Å². The first-order chi connectivity index (χ1) is 8.75. The minimum Gasteiger partial charge on any atom is -0.457 e. The van der Waals surface area contributed by atoms with Gasteiger partial charge in [0.2, 0.25) is 0 Å². The molecule has 0 atom stereocenters. The number of ether oxygens (including phenoxy) is 1. The molecule has 0 fully saturated rings. The molecule has 0 amide bonds. The lowest BCUT2D eigenvalue weighted by molar-refractivity contribution is 0.0473. The predicted molar refractivity (Wildman–Crippen MR) is 68.3 cm³/mol. The molecule has 2 aromatic rings. The molecular weight excluding hydrogens is 228 g/mol. The standard InChI is InChI=1S/C15H12O3/c16-14-8-4-7-13(9-10-14)15(17)18-11-12-5-2-1-3-6-12/h1-10H,11H2. The summed E-state index contributed by atoms with van der Waals surface area (Å²) in [5.41, 5.74) is 1.15. The van der Waals surface area contributed by atoms with Crippen LogP contribution in [0.4, 0.5) is 0 Å². The largest absolute Gasteiger partial charge is 0.457 e. The second-order valence-electron chi connectivity index (χ2n) is 3.78. The quantitative estimate of drug-likeness (QED) is 0.774. The molecule has 2 aromatic carbocycles. The Balaban J connectivity index is 2.04. The molecule has 0 aliphatic carbocycles. The fraction of sp³-hybridized carbons (Fsp3) is 0.0667. The zero-order valence-corrected chi connectivity index (χ0v) is 9.71. The topological polar surface area (TPSA) is 43.4 Å². The maximum absolute atomic E-state index is 11.7. The van der Waals surface area contributed by atoms with Crippen LogP contribution in [0.3, 0.4) is 0 Å². The van der Waals surface area contributed by atoms with Gasteiger partial charge in [0, 0.05) is 0 Å². The molecule has 3 heteroatoms. The molecule has 0 bridgehead atoms. The van der Waals surface area contributed by atoms with Gasteiger partial charge in [-0.3, -0.25) is 4.79 Å². The molecule has 0 saturated carbocycles. The van der Waals surface area contributed by atoms with E-state index in [0.29, 0.717) is 5.56 Å². The van der Waals surface area contributed by atoms with Crippen LogP contribution in [0.1, 0.15) is 15.9 Å². The first kappa shape index (κ1) is 12.0.